The lowest BCUT2D eigenvalue weighted by Gasteiger charge is -2.15. The molecule has 0 heterocycles. The minimum atomic E-state index is -4.76. The van der Waals surface area contributed by atoms with E-state index in [1.807, 2.05) is 0 Å². The lowest BCUT2D eigenvalue weighted by Crippen LogP contribution is -2.42. The second kappa shape index (κ2) is 5.37. The molecule has 0 aliphatic heterocycles. The van der Waals surface area contributed by atoms with E-state index in [1.54, 1.807) is 0 Å². The highest BCUT2D eigenvalue weighted by atomic mass is 31.2. The lowest BCUT2D eigenvalue weighted by molar-refractivity contribution is -0.145. The molecule has 1 amide bonds. The van der Waals surface area contributed by atoms with E-state index in [-0.39, 0.29) is 0 Å². The largest absolute Gasteiger partial charge is 0.469 e. The molecule has 0 aromatic heterocycles. The van der Waals surface area contributed by atoms with Gasteiger partial charge in [-0.15, -0.1) is 0 Å². The van der Waals surface area contributed by atoms with Crippen molar-refractivity contribution in [1.29, 1.82) is 0 Å². The summed E-state index contributed by atoms with van der Waals surface area (Å²) in [6.07, 6.45) is -3.89. The molecule has 0 aromatic carbocycles. The zero-order valence-corrected chi connectivity index (χ0v) is 7.66. The van der Waals surface area contributed by atoms with Gasteiger partial charge in [0.15, 0.2) is 6.10 Å². The molecule has 9 nitrogen and oxygen atoms in total. The first-order chi connectivity index (χ1) is 6.28. The highest BCUT2D eigenvalue weighted by Gasteiger charge is 2.26. The van der Waals surface area contributed by atoms with Gasteiger partial charge in [0.05, 0.1) is 6.61 Å². The molecular formula is C4H10NO8P. The van der Waals surface area contributed by atoms with Gasteiger partial charge in [-0.2, -0.15) is 0 Å². The maximum Gasteiger partial charge on any atom is 0.469 e. The van der Waals surface area contributed by atoms with E-state index in [0.717, 1.165) is 5.48 Å². The molecule has 0 bridgehead atoms. The van der Waals surface area contributed by atoms with Gasteiger partial charge in [-0.05, 0) is 0 Å². The standard InChI is InChI=1S/C4H10NO8P/c6-2(1-13-14(10,11)12)3(7)4(8)5-9/h2-3,6-7,9H,1H2,(H,5,8)(H2,10,11,12). The first-order valence-electron chi connectivity index (χ1n) is 3.28. The van der Waals surface area contributed by atoms with E-state index in [1.165, 1.54) is 0 Å². The quantitative estimate of drug-likeness (QED) is 0.170. The van der Waals surface area contributed by atoms with Crippen LogP contribution in [0.5, 0.6) is 0 Å². The highest BCUT2D eigenvalue weighted by molar-refractivity contribution is 7.46. The van der Waals surface area contributed by atoms with Crippen LogP contribution in [0, 0.1) is 0 Å². The van der Waals surface area contributed by atoms with Crippen LogP contribution in [0.25, 0.3) is 0 Å². The van der Waals surface area contributed by atoms with Gasteiger partial charge in [-0.3, -0.25) is 14.5 Å². The third-order valence-electron chi connectivity index (χ3n) is 1.16. The monoisotopic (exact) mass is 231 g/mol. The number of rotatable bonds is 5. The molecule has 0 rings (SSSR count). The summed E-state index contributed by atoms with van der Waals surface area (Å²) in [6, 6.07) is 0. The smallest absolute Gasteiger partial charge is 0.387 e. The van der Waals surface area contributed by atoms with Crippen LogP contribution < -0.4 is 5.48 Å². The number of hydrogen-bond acceptors (Lipinski definition) is 6. The SMILES string of the molecule is O=C(NO)C(O)C(O)COP(=O)(O)O. The topological polar surface area (TPSA) is 157 Å². The Morgan fingerprint density at radius 2 is 1.93 bits per heavy atom. The van der Waals surface area contributed by atoms with Crippen LogP contribution in [0.2, 0.25) is 0 Å². The summed E-state index contributed by atoms with van der Waals surface area (Å²) in [5.41, 5.74) is 1.04. The zero-order valence-electron chi connectivity index (χ0n) is 6.77. The molecule has 6 N–H and O–H groups in total. The third-order valence-corrected chi connectivity index (χ3v) is 1.64. The average molecular weight is 231 g/mol. The maximum absolute atomic E-state index is 10.5. The molecule has 0 fully saturated rings. The van der Waals surface area contributed by atoms with Crippen LogP contribution in [0.15, 0.2) is 0 Å². The number of carbonyl (C=O) groups is 1. The van der Waals surface area contributed by atoms with Crippen molar-refractivity contribution in [3.63, 3.8) is 0 Å². The van der Waals surface area contributed by atoms with Gasteiger partial charge < -0.3 is 20.0 Å². The third kappa shape index (κ3) is 5.25. The molecule has 10 heteroatoms. The number of hydroxylamine groups is 1. The molecule has 0 radical (unpaired) electrons. The first-order valence-corrected chi connectivity index (χ1v) is 4.81. The molecule has 0 saturated carbocycles. The molecule has 2 unspecified atom stereocenters. The summed E-state index contributed by atoms with van der Waals surface area (Å²) < 4.78 is 13.9. The fourth-order valence-electron chi connectivity index (χ4n) is 0.505. The van der Waals surface area contributed by atoms with Crippen LogP contribution in [0.3, 0.4) is 0 Å². The van der Waals surface area contributed by atoms with Crippen molar-refractivity contribution < 1.29 is 39.1 Å². The Hall–Kier alpha value is -0.540. The van der Waals surface area contributed by atoms with E-state index >= 15 is 0 Å². The molecule has 2 atom stereocenters. The predicted octanol–water partition coefficient (Wildman–Crippen LogP) is -2.68. The maximum atomic E-state index is 10.5. The van der Waals surface area contributed by atoms with E-state index in [0.29, 0.717) is 0 Å². The van der Waals surface area contributed by atoms with Gasteiger partial charge in [0.25, 0.3) is 5.91 Å². The second-order valence-electron chi connectivity index (χ2n) is 2.27. The molecule has 0 aromatic rings. The fraction of sp³-hybridized carbons (Fsp3) is 0.750. The number of hydrogen-bond donors (Lipinski definition) is 6. The van der Waals surface area contributed by atoms with Gasteiger partial charge in [-0.1, -0.05) is 0 Å². The summed E-state index contributed by atoms with van der Waals surface area (Å²) in [5.74, 6) is -1.31. The van der Waals surface area contributed by atoms with Crippen molar-refractivity contribution in [2.24, 2.45) is 0 Å². The summed E-state index contributed by atoms with van der Waals surface area (Å²) >= 11 is 0. The molecule has 84 valence electrons. The lowest BCUT2D eigenvalue weighted by atomic mass is 10.2. The summed E-state index contributed by atoms with van der Waals surface area (Å²) in [7, 11) is -4.76. The zero-order chi connectivity index (χ0) is 11.4. The number of aliphatic hydroxyl groups excluding tert-OH is 2. The average Bonchev–Trinajstić information content (AvgIpc) is 2.10. The van der Waals surface area contributed by atoms with Crippen molar-refractivity contribution in [2.75, 3.05) is 6.61 Å². The van der Waals surface area contributed by atoms with E-state index < -0.39 is 32.5 Å². The molecule has 0 aliphatic carbocycles. The normalized spacial score (nSPS) is 16.1. The second-order valence-corrected chi connectivity index (χ2v) is 3.51. The van der Waals surface area contributed by atoms with Gasteiger partial charge in [0.2, 0.25) is 0 Å². The van der Waals surface area contributed by atoms with Crippen LogP contribution in [-0.2, 0) is 13.9 Å². The van der Waals surface area contributed by atoms with E-state index in [2.05, 4.69) is 4.52 Å². The Bertz CT molecular complexity index is 237. The number of phosphoric acid groups is 1. The Morgan fingerprint density at radius 1 is 1.43 bits per heavy atom. The summed E-state index contributed by atoms with van der Waals surface area (Å²) in [6.45, 7) is -0.946. The molecule has 14 heavy (non-hydrogen) atoms. The van der Waals surface area contributed by atoms with Crippen molar-refractivity contribution in [3.8, 4) is 0 Å². The van der Waals surface area contributed by atoms with Gasteiger partial charge in [-0.25, -0.2) is 10.0 Å². The van der Waals surface area contributed by atoms with Gasteiger partial charge in [0, 0.05) is 0 Å². The van der Waals surface area contributed by atoms with Gasteiger partial charge >= 0.3 is 7.82 Å². The number of amides is 1. The Morgan fingerprint density at radius 3 is 2.29 bits per heavy atom. The Balaban J connectivity index is 4.02. The predicted molar refractivity (Wildman–Crippen MR) is 39.9 cm³/mol. The Kier molecular flexibility index (Phi) is 5.16. The number of aliphatic hydroxyl groups is 2. The number of phosphoric ester groups is 1. The van der Waals surface area contributed by atoms with Crippen LogP contribution >= 0.6 is 7.82 Å². The Labute approximate surface area is 78.1 Å². The van der Waals surface area contributed by atoms with Crippen molar-refractivity contribution in [2.45, 2.75) is 12.2 Å². The molecule has 0 saturated heterocycles. The minimum absolute atomic E-state index is 0.946. The number of carbonyl (C=O) groups excluding carboxylic acids is 1. The fourth-order valence-corrected chi connectivity index (χ4v) is 0.852. The molecule has 0 spiro atoms. The van der Waals surface area contributed by atoms with Crippen LogP contribution in [-0.4, -0.2) is 49.9 Å². The van der Waals surface area contributed by atoms with Crippen LogP contribution in [0.1, 0.15) is 0 Å². The van der Waals surface area contributed by atoms with E-state index in [4.69, 9.17) is 25.2 Å². The van der Waals surface area contributed by atoms with Crippen molar-refractivity contribution in [1.82, 2.24) is 5.48 Å². The van der Waals surface area contributed by atoms with Crippen molar-refractivity contribution in [3.05, 3.63) is 0 Å². The first kappa shape index (κ1) is 13.5. The molecular weight excluding hydrogens is 221 g/mol. The molecule has 0 aliphatic rings. The summed E-state index contributed by atoms with van der Waals surface area (Å²) in [4.78, 5) is 26.8. The van der Waals surface area contributed by atoms with Gasteiger partial charge in [0.1, 0.15) is 6.10 Å². The highest BCUT2D eigenvalue weighted by Crippen LogP contribution is 2.35. The van der Waals surface area contributed by atoms with Crippen LogP contribution in [0.4, 0.5) is 0 Å². The summed E-state index contributed by atoms with van der Waals surface area (Å²) in [5, 5.41) is 25.7. The minimum Gasteiger partial charge on any atom is -0.387 e. The number of nitrogens with one attached hydrogen (secondary N) is 1. The van der Waals surface area contributed by atoms with E-state index in [9.17, 15) is 9.36 Å². The van der Waals surface area contributed by atoms with Crippen molar-refractivity contribution >= 4 is 13.7 Å².